The van der Waals surface area contributed by atoms with Gasteiger partial charge in [-0.15, -0.1) is 0 Å². The molecule has 1 aliphatic heterocycles. The van der Waals surface area contributed by atoms with Crippen molar-refractivity contribution in [1.82, 2.24) is 4.90 Å². The summed E-state index contributed by atoms with van der Waals surface area (Å²) in [5, 5.41) is 20.2. The van der Waals surface area contributed by atoms with Gasteiger partial charge in [-0.25, -0.2) is 0 Å². The largest absolute Gasteiger partial charge is 0.507 e. The molecule has 198 valence electrons. The van der Waals surface area contributed by atoms with Crippen LogP contribution in [0.3, 0.4) is 0 Å². The summed E-state index contributed by atoms with van der Waals surface area (Å²) in [5.41, 5.74) is 3.44. The monoisotopic (exact) mass is 565 g/mol. The van der Waals surface area contributed by atoms with Gasteiger partial charge in [0, 0.05) is 29.2 Å². The average molecular weight is 567 g/mol. The Kier molecular flexibility index (Phi) is 8.90. The lowest BCUT2D eigenvalue weighted by atomic mass is 9.78. The number of rotatable bonds is 7. The van der Waals surface area contributed by atoms with Crippen LogP contribution in [0.5, 0.6) is 5.75 Å². The fourth-order valence-corrected chi connectivity index (χ4v) is 5.79. The van der Waals surface area contributed by atoms with Crippen molar-refractivity contribution in [2.24, 2.45) is 15.9 Å². The molecule has 2 aromatic carbocycles. The number of phenols is 1. The predicted molar refractivity (Wildman–Crippen MR) is 155 cm³/mol. The van der Waals surface area contributed by atoms with Crippen LogP contribution < -0.4 is 0 Å². The molecule has 0 bridgehead atoms. The van der Waals surface area contributed by atoms with Gasteiger partial charge in [0.05, 0.1) is 34.3 Å². The van der Waals surface area contributed by atoms with Gasteiger partial charge in [-0.1, -0.05) is 67.0 Å². The third kappa shape index (κ3) is 6.62. The molecular formula is C31H40BrN3O2. The molecule has 0 aromatic heterocycles. The highest BCUT2D eigenvalue weighted by Crippen LogP contribution is 2.40. The second-order valence-corrected chi connectivity index (χ2v) is 12.7. The highest BCUT2D eigenvalue weighted by atomic mass is 79.9. The van der Waals surface area contributed by atoms with Crippen LogP contribution in [0, 0.1) is 23.2 Å². The molecule has 2 aromatic rings. The minimum Gasteiger partial charge on any atom is -0.507 e. The van der Waals surface area contributed by atoms with Gasteiger partial charge in [0.15, 0.2) is 5.78 Å². The van der Waals surface area contributed by atoms with Crippen molar-refractivity contribution in [3.8, 4) is 11.8 Å². The fraction of sp³-hybridized carbons (Fsp3) is 0.516. The Bertz CT molecular complexity index is 1160. The standard InChI is InChI=1S/C31H40BrN3O2/c1-8-9-22-18-35(29(34-32)24(22)14-20-10-12-21(17-33)13-11-20)19-27(36)23-15-25(30(2,3)4)28(37)26(16-23)31(5,6)7/h10-13,15-16,22,24,37H,8-9,14,18-19H2,1-7H3/b34-29-/t22-,24+/m0/s1. The van der Waals surface area contributed by atoms with Gasteiger partial charge in [0.1, 0.15) is 11.6 Å². The highest BCUT2D eigenvalue weighted by Gasteiger charge is 2.39. The quantitative estimate of drug-likeness (QED) is 0.356. The van der Waals surface area contributed by atoms with Gasteiger partial charge in [-0.05, 0) is 59.4 Å². The number of ketones is 1. The predicted octanol–water partition coefficient (Wildman–Crippen LogP) is 7.34. The lowest BCUT2D eigenvalue weighted by molar-refractivity contribution is 0.0963. The maximum Gasteiger partial charge on any atom is 0.182 e. The van der Waals surface area contributed by atoms with Crippen LogP contribution in [0.1, 0.15) is 93.9 Å². The summed E-state index contributed by atoms with van der Waals surface area (Å²) in [4.78, 5) is 15.8. The number of hydrogen-bond donors (Lipinski definition) is 1. The molecular weight excluding hydrogens is 526 g/mol. The molecule has 0 spiro atoms. The van der Waals surface area contributed by atoms with E-state index in [4.69, 9.17) is 5.26 Å². The summed E-state index contributed by atoms with van der Waals surface area (Å²) >= 11 is 3.36. The lowest BCUT2D eigenvalue weighted by Crippen LogP contribution is -2.33. The van der Waals surface area contributed by atoms with E-state index >= 15 is 0 Å². The van der Waals surface area contributed by atoms with Crippen molar-refractivity contribution in [3.63, 3.8) is 0 Å². The van der Waals surface area contributed by atoms with Crippen molar-refractivity contribution in [3.05, 3.63) is 64.2 Å². The van der Waals surface area contributed by atoms with Gasteiger partial charge in [-0.2, -0.15) is 9.28 Å². The topological polar surface area (TPSA) is 76.7 Å². The van der Waals surface area contributed by atoms with Gasteiger partial charge >= 0.3 is 0 Å². The first-order valence-electron chi connectivity index (χ1n) is 13.1. The first kappa shape index (κ1) is 28.9. The van der Waals surface area contributed by atoms with Gasteiger partial charge < -0.3 is 10.0 Å². The number of benzene rings is 2. The van der Waals surface area contributed by atoms with Crippen molar-refractivity contribution in [2.75, 3.05) is 13.1 Å². The van der Waals surface area contributed by atoms with Crippen LogP contribution in [0.25, 0.3) is 0 Å². The molecule has 0 radical (unpaired) electrons. The molecule has 1 aliphatic rings. The smallest absolute Gasteiger partial charge is 0.182 e. The molecule has 6 heteroatoms. The van der Waals surface area contributed by atoms with E-state index in [2.05, 4.69) is 79.6 Å². The van der Waals surface area contributed by atoms with Crippen molar-refractivity contribution >= 4 is 27.8 Å². The lowest BCUT2D eigenvalue weighted by Gasteiger charge is -2.28. The van der Waals surface area contributed by atoms with Crippen LogP contribution in [0.4, 0.5) is 0 Å². The Morgan fingerprint density at radius 3 is 2.14 bits per heavy atom. The molecule has 0 saturated carbocycles. The molecule has 1 fully saturated rings. The number of phenolic OH excluding ortho intramolecular Hbond substituents is 1. The summed E-state index contributed by atoms with van der Waals surface area (Å²) < 4.78 is 4.50. The third-order valence-corrected chi connectivity index (χ3v) is 7.71. The van der Waals surface area contributed by atoms with Gasteiger partial charge in [0.2, 0.25) is 0 Å². The third-order valence-electron chi connectivity index (χ3n) is 7.35. The van der Waals surface area contributed by atoms with E-state index in [0.717, 1.165) is 48.3 Å². The van der Waals surface area contributed by atoms with Crippen LogP contribution in [-0.2, 0) is 17.3 Å². The first-order valence-corrected chi connectivity index (χ1v) is 13.8. The Labute approximate surface area is 230 Å². The minimum absolute atomic E-state index is 0.0268. The Hall–Kier alpha value is -2.65. The number of nitrogens with zero attached hydrogens (tertiary/aromatic N) is 3. The number of halogens is 1. The van der Waals surface area contributed by atoms with Crippen molar-refractivity contribution in [2.45, 2.75) is 78.6 Å². The maximum absolute atomic E-state index is 13.7. The Balaban J connectivity index is 1.91. The summed E-state index contributed by atoms with van der Waals surface area (Å²) in [6.07, 6.45) is 2.93. The molecule has 2 atom stereocenters. The number of nitriles is 1. The maximum atomic E-state index is 13.7. The summed E-state index contributed by atoms with van der Waals surface area (Å²) in [6, 6.07) is 13.7. The van der Waals surface area contributed by atoms with E-state index in [1.807, 2.05) is 36.4 Å². The summed E-state index contributed by atoms with van der Waals surface area (Å²) in [6.45, 7) is 15.6. The summed E-state index contributed by atoms with van der Waals surface area (Å²) in [5.74, 6) is 1.79. The van der Waals surface area contributed by atoms with Crippen LogP contribution in [-0.4, -0.2) is 34.7 Å². The van der Waals surface area contributed by atoms with Crippen LogP contribution in [0.2, 0.25) is 0 Å². The molecule has 0 aliphatic carbocycles. The first-order chi connectivity index (χ1) is 17.3. The van der Waals surface area contributed by atoms with E-state index < -0.39 is 0 Å². The molecule has 5 nitrogen and oxygen atoms in total. The van der Waals surface area contributed by atoms with Gasteiger partial charge in [0.25, 0.3) is 0 Å². The van der Waals surface area contributed by atoms with Crippen LogP contribution in [0.15, 0.2) is 40.4 Å². The molecule has 0 amide bonds. The Morgan fingerprint density at radius 2 is 1.68 bits per heavy atom. The van der Waals surface area contributed by atoms with E-state index in [9.17, 15) is 9.90 Å². The number of amidine groups is 1. The zero-order chi connectivity index (χ0) is 27.5. The van der Waals surface area contributed by atoms with E-state index in [1.54, 1.807) is 0 Å². The number of hydrogen-bond acceptors (Lipinski definition) is 4. The van der Waals surface area contributed by atoms with E-state index in [1.165, 1.54) is 0 Å². The number of Topliss-reactive ketones (excluding diaryl/α,β-unsaturated/α-hetero) is 1. The zero-order valence-corrected chi connectivity index (χ0v) is 24.8. The average Bonchev–Trinajstić information content (AvgIpc) is 3.13. The molecule has 1 N–H and O–H groups in total. The second kappa shape index (κ2) is 11.4. The second-order valence-electron chi connectivity index (χ2n) is 12.3. The van der Waals surface area contributed by atoms with E-state index in [-0.39, 0.29) is 34.8 Å². The number of likely N-dealkylation sites (tertiary alicyclic amines) is 1. The molecule has 1 saturated heterocycles. The van der Waals surface area contributed by atoms with Crippen molar-refractivity contribution in [1.29, 1.82) is 5.26 Å². The number of carbonyl (C=O) groups is 1. The minimum atomic E-state index is -0.297. The van der Waals surface area contributed by atoms with Crippen molar-refractivity contribution < 1.29 is 9.90 Å². The fourth-order valence-electron chi connectivity index (χ4n) is 5.30. The SMILES string of the molecule is CCC[C@H]1CN(CC(=O)c2cc(C(C)(C)C)c(O)c(C(C)(C)C)c2)/C(=N\Br)[C@@H]1Cc1ccc(C#N)cc1. The summed E-state index contributed by atoms with van der Waals surface area (Å²) in [7, 11) is 0. The van der Waals surface area contributed by atoms with Crippen LogP contribution >= 0.6 is 16.1 Å². The highest BCUT2D eigenvalue weighted by molar-refractivity contribution is 9.08. The molecule has 37 heavy (non-hydrogen) atoms. The molecule has 1 heterocycles. The molecule has 3 rings (SSSR count). The normalized spacial score (nSPS) is 19.3. The Morgan fingerprint density at radius 1 is 1.11 bits per heavy atom. The molecule has 0 unspecified atom stereocenters. The zero-order valence-electron chi connectivity index (χ0n) is 23.2. The number of aromatic hydroxyl groups is 1. The number of carbonyl (C=O) groups excluding carboxylic acids is 1. The van der Waals surface area contributed by atoms with E-state index in [0.29, 0.717) is 17.0 Å². The van der Waals surface area contributed by atoms with Gasteiger partial charge in [-0.3, -0.25) is 4.79 Å².